The summed E-state index contributed by atoms with van der Waals surface area (Å²) < 4.78 is 13.1. The zero-order valence-corrected chi connectivity index (χ0v) is 26.5. The van der Waals surface area contributed by atoms with Gasteiger partial charge in [0.2, 0.25) is 0 Å². The highest BCUT2D eigenvalue weighted by atomic mass is 16.3. The second-order valence-electron chi connectivity index (χ2n) is 12.5. The number of hydrogen-bond donors (Lipinski definition) is 0. The van der Waals surface area contributed by atoms with Gasteiger partial charge in [0.1, 0.15) is 22.3 Å². The van der Waals surface area contributed by atoms with E-state index in [1.165, 1.54) is 33.0 Å². The van der Waals surface area contributed by atoms with Crippen molar-refractivity contribution in [3.05, 3.63) is 176 Å². The van der Waals surface area contributed by atoms with Gasteiger partial charge in [-0.2, -0.15) is 0 Å². The molecule has 0 amide bonds. The highest BCUT2D eigenvalue weighted by molar-refractivity contribution is 6.22. The Labute approximate surface area is 282 Å². The fraction of sp³-hybridized carbons (Fsp3) is 0. The van der Waals surface area contributed by atoms with E-state index in [9.17, 15) is 0 Å². The van der Waals surface area contributed by atoms with Crippen molar-refractivity contribution < 1.29 is 8.83 Å². The summed E-state index contributed by atoms with van der Waals surface area (Å²) in [6.07, 6.45) is 0. The van der Waals surface area contributed by atoms with Crippen LogP contribution in [0.25, 0.3) is 76.9 Å². The molecule has 0 spiro atoms. The molecule has 3 nitrogen and oxygen atoms in total. The first kappa shape index (κ1) is 27.5. The first-order chi connectivity index (χ1) is 24.3. The molecule has 0 aliphatic carbocycles. The molecule has 0 aliphatic heterocycles. The third-order valence-corrected chi connectivity index (χ3v) is 9.66. The number of hydrogen-bond acceptors (Lipinski definition) is 3. The van der Waals surface area contributed by atoms with Crippen molar-refractivity contribution in [3.8, 4) is 22.3 Å². The highest BCUT2D eigenvalue weighted by Gasteiger charge is 2.19. The number of fused-ring (bicyclic) bond motifs is 8. The maximum Gasteiger partial charge on any atom is 0.137 e. The Kier molecular flexibility index (Phi) is 6.18. The normalized spacial score (nSPS) is 11.7. The van der Waals surface area contributed by atoms with Crippen LogP contribution < -0.4 is 4.90 Å². The minimum atomic E-state index is 0.846. The van der Waals surface area contributed by atoms with Crippen LogP contribution in [0.2, 0.25) is 0 Å². The van der Waals surface area contributed by atoms with Gasteiger partial charge in [-0.25, -0.2) is 0 Å². The number of benzene rings is 8. The molecule has 0 saturated heterocycles. The molecule has 10 rings (SSSR count). The van der Waals surface area contributed by atoms with Crippen LogP contribution in [0.5, 0.6) is 0 Å². The van der Waals surface area contributed by atoms with Crippen molar-refractivity contribution in [2.75, 3.05) is 4.90 Å². The second-order valence-corrected chi connectivity index (χ2v) is 12.5. The SMILES string of the molecule is c1ccc(-c2ccc(N(c3ccc4c(c3)oc3ccccc34)c3ccc4c(c3)oc3cc(-c5ccccc5)c5ccccc5c34)cc2)cc1. The number of rotatable bonds is 5. The van der Waals surface area contributed by atoms with Gasteiger partial charge in [0, 0.05) is 50.7 Å². The Hall–Kier alpha value is -6.58. The largest absolute Gasteiger partial charge is 0.456 e. The van der Waals surface area contributed by atoms with Gasteiger partial charge < -0.3 is 13.7 Å². The number of anilines is 3. The Balaban J connectivity index is 1.17. The summed E-state index contributed by atoms with van der Waals surface area (Å²) >= 11 is 0. The Morgan fingerprint density at radius 1 is 0.306 bits per heavy atom. The van der Waals surface area contributed by atoms with Gasteiger partial charge in [0.05, 0.1) is 0 Å². The van der Waals surface area contributed by atoms with E-state index in [1.54, 1.807) is 0 Å². The zero-order valence-electron chi connectivity index (χ0n) is 26.5. The molecule has 3 heteroatoms. The molecule has 0 N–H and O–H groups in total. The number of nitrogens with zero attached hydrogens (tertiary/aromatic N) is 1. The second kappa shape index (κ2) is 11.0. The average molecular weight is 628 g/mol. The lowest BCUT2D eigenvalue weighted by atomic mass is 9.95. The summed E-state index contributed by atoms with van der Waals surface area (Å²) in [5, 5.41) is 6.86. The van der Waals surface area contributed by atoms with E-state index >= 15 is 0 Å². The van der Waals surface area contributed by atoms with E-state index in [-0.39, 0.29) is 0 Å². The summed E-state index contributed by atoms with van der Waals surface area (Å²) in [7, 11) is 0. The molecule has 0 aliphatic rings. The third kappa shape index (κ3) is 4.51. The van der Waals surface area contributed by atoms with Crippen molar-refractivity contribution in [1.29, 1.82) is 0 Å². The van der Waals surface area contributed by atoms with E-state index in [0.717, 1.165) is 60.9 Å². The maximum atomic E-state index is 6.73. The van der Waals surface area contributed by atoms with E-state index in [1.807, 2.05) is 18.2 Å². The molecule has 49 heavy (non-hydrogen) atoms. The molecule has 0 atom stereocenters. The van der Waals surface area contributed by atoms with E-state index < -0.39 is 0 Å². The van der Waals surface area contributed by atoms with Crippen molar-refractivity contribution >= 4 is 71.7 Å². The van der Waals surface area contributed by atoms with Crippen LogP contribution in [-0.2, 0) is 0 Å². The standard InChI is InChI=1S/C46H29NO2/c1-3-11-30(12-4-1)31-19-21-33(22-20-31)47(34-23-25-38-37-16-9-10-18-42(37)48-43(38)27-34)35-24-26-40-44(28-35)49-45-29-41(32-13-5-2-6-14-32)36-15-7-8-17-39(36)46(40)45/h1-29H. The van der Waals surface area contributed by atoms with Gasteiger partial charge in [-0.1, -0.05) is 115 Å². The van der Waals surface area contributed by atoms with Crippen molar-refractivity contribution in [2.45, 2.75) is 0 Å². The molecule has 8 aromatic carbocycles. The summed E-state index contributed by atoms with van der Waals surface area (Å²) in [6.45, 7) is 0. The molecule has 0 saturated carbocycles. The predicted molar refractivity (Wildman–Crippen MR) is 204 cm³/mol. The van der Waals surface area contributed by atoms with Gasteiger partial charge in [-0.05, 0) is 81.6 Å². The van der Waals surface area contributed by atoms with Gasteiger partial charge in [-0.15, -0.1) is 0 Å². The molecule has 230 valence electrons. The van der Waals surface area contributed by atoms with Crippen LogP contribution in [0.3, 0.4) is 0 Å². The Bertz CT molecular complexity index is 2810. The van der Waals surface area contributed by atoms with Gasteiger partial charge in [0.25, 0.3) is 0 Å². The first-order valence-electron chi connectivity index (χ1n) is 16.6. The van der Waals surface area contributed by atoms with Crippen LogP contribution in [0.4, 0.5) is 17.1 Å². The summed E-state index contributed by atoms with van der Waals surface area (Å²) in [4.78, 5) is 2.28. The summed E-state index contributed by atoms with van der Waals surface area (Å²) in [5.41, 5.74) is 11.2. The minimum absolute atomic E-state index is 0.846. The van der Waals surface area contributed by atoms with Crippen LogP contribution in [-0.4, -0.2) is 0 Å². The first-order valence-corrected chi connectivity index (χ1v) is 16.6. The lowest BCUT2D eigenvalue weighted by molar-refractivity contribution is 0.669. The lowest BCUT2D eigenvalue weighted by Crippen LogP contribution is -2.09. The van der Waals surface area contributed by atoms with Gasteiger partial charge in [0.15, 0.2) is 0 Å². The Morgan fingerprint density at radius 2 is 0.816 bits per heavy atom. The van der Waals surface area contributed by atoms with Gasteiger partial charge in [-0.3, -0.25) is 0 Å². The van der Waals surface area contributed by atoms with Crippen molar-refractivity contribution in [3.63, 3.8) is 0 Å². The monoisotopic (exact) mass is 627 g/mol. The van der Waals surface area contributed by atoms with E-state index in [2.05, 4.69) is 163 Å². The minimum Gasteiger partial charge on any atom is -0.456 e. The molecule has 0 radical (unpaired) electrons. The summed E-state index contributed by atoms with van der Waals surface area (Å²) in [5.74, 6) is 0. The predicted octanol–water partition coefficient (Wildman–Crippen LogP) is 13.4. The fourth-order valence-electron chi connectivity index (χ4n) is 7.36. The topological polar surface area (TPSA) is 29.5 Å². The highest BCUT2D eigenvalue weighted by Crippen LogP contribution is 2.44. The van der Waals surface area contributed by atoms with Crippen LogP contribution in [0, 0.1) is 0 Å². The average Bonchev–Trinajstić information content (AvgIpc) is 3.73. The molecule has 0 bridgehead atoms. The van der Waals surface area contributed by atoms with Crippen LogP contribution >= 0.6 is 0 Å². The van der Waals surface area contributed by atoms with Gasteiger partial charge >= 0.3 is 0 Å². The summed E-state index contributed by atoms with van der Waals surface area (Å²) in [6, 6.07) is 61.9. The maximum absolute atomic E-state index is 6.73. The molecule has 2 heterocycles. The molecular weight excluding hydrogens is 599 g/mol. The van der Waals surface area contributed by atoms with E-state index in [0.29, 0.717) is 0 Å². The zero-order chi connectivity index (χ0) is 32.3. The quantitative estimate of drug-likeness (QED) is 0.190. The molecule has 0 unspecified atom stereocenters. The third-order valence-electron chi connectivity index (χ3n) is 9.66. The molecule has 2 aromatic heterocycles. The van der Waals surface area contributed by atoms with Crippen molar-refractivity contribution in [1.82, 2.24) is 0 Å². The molecular formula is C46H29NO2. The van der Waals surface area contributed by atoms with Crippen LogP contribution in [0.15, 0.2) is 185 Å². The van der Waals surface area contributed by atoms with E-state index in [4.69, 9.17) is 8.83 Å². The van der Waals surface area contributed by atoms with Crippen molar-refractivity contribution in [2.24, 2.45) is 0 Å². The molecule has 0 fully saturated rings. The fourth-order valence-corrected chi connectivity index (χ4v) is 7.36. The molecule has 10 aromatic rings. The lowest BCUT2D eigenvalue weighted by Gasteiger charge is -2.25. The number of para-hydroxylation sites is 1. The number of furan rings is 2. The smallest absolute Gasteiger partial charge is 0.137 e. The van der Waals surface area contributed by atoms with Crippen LogP contribution in [0.1, 0.15) is 0 Å². The Morgan fingerprint density at radius 3 is 1.55 bits per heavy atom.